The first-order chi connectivity index (χ1) is 15.1. The van der Waals surface area contributed by atoms with Crippen LogP contribution in [0.4, 0.5) is 5.82 Å². The number of aromatic nitrogens is 5. The minimum atomic E-state index is -3.73. The number of anilines is 1. The van der Waals surface area contributed by atoms with E-state index >= 15 is 0 Å². The molecule has 0 saturated carbocycles. The van der Waals surface area contributed by atoms with Crippen LogP contribution in [0.25, 0.3) is 21.9 Å². The van der Waals surface area contributed by atoms with Crippen LogP contribution in [-0.4, -0.2) is 66.0 Å². The number of para-hydroxylation sites is 1. The summed E-state index contributed by atoms with van der Waals surface area (Å²) in [4.78, 5) is 15.3. The van der Waals surface area contributed by atoms with Crippen LogP contribution >= 0.6 is 0 Å². The van der Waals surface area contributed by atoms with Gasteiger partial charge in [0.1, 0.15) is 17.0 Å². The Morgan fingerprint density at radius 3 is 2.77 bits per heavy atom. The number of nitrogens with zero attached hydrogens (tertiary/aromatic N) is 6. The maximum atomic E-state index is 12.9. The number of benzene rings is 1. The molecule has 0 atom stereocenters. The van der Waals surface area contributed by atoms with Crippen molar-refractivity contribution in [2.24, 2.45) is 0 Å². The average Bonchev–Trinajstić information content (AvgIpc) is 3.22. The second-order valence-electron chi connectivity index (χ2n) is 7.13. The number of rotatable bonds is 6. The highest BCUT2D eigenvalue weighted by atomic mass is 32.2. The molecular formula is C20H21N7O3S. The number of pyridine rings is 1. The molecule has 10 nitrogen and oxygen atoms in total. The van der Waals surface area contributed by atoms with Gasteiger partial charge in [0.15, 0.2) is 5.65 Å². The predicted molar refractivity (Wildman–Crippen MR) is 115 cm³/mol. The van der Waals surface area contributed by atoms with Crippen molar-refractivity contribution in [3.05, 3.63) is 49.1 Å². The van der Waals surface area contributed by atoms with Crippen LogP contribution in [0.15, 0.2) is 53.9 Å². The molecule has 4 heterocycles. The fourth-order valence-corrected chi connectivity index (χ4v) is 4.93. The fourth-order valence-electron chi connectivity index (χ4n) is 3.73. The summed E-state index contributed by atoms with van der Waals surface area (Å²) < 4.78 is 35.5. The zero-order chi connectivity index (χ0) is 21.3. The van der Waals surface area contributed by atoms with Gasteiger partial charge in [-0.3, -0.25) is 4.98 Å². The molecule has 11 heteroatoms. The van der Waals surface area contributed by atoms with Crippen molar-refractivity contribution in [1.82, 2.24) is 29.5 Å². The van der Waals surface area contributed by atoms with Crippen molar-refractivity contribution in [3.8, 4) is 0 Å². The number of ether oxygens (including phenoxy) is 1. The van der Waals surface area contributed by atoms with Gasteiger partial charge in [0, 0.05) is 31.2 Å². The first-order valence-corrected chi connectivity index (χ1v) is 11.4. The highest BCUT2D eigenvalue weighted by Crippen LogP contribution is 2.23. The average molecular weight is 440 g/mol. The van der Waals surface area contributed by atoms with Crippen molar-refractivity contribution in [3.63, 3.8) is 0 Å². The number of fused-ring (bicyclic) bond motifs is 2. The SMILES string of the molecule is O=S(=O)(NCCn1ncc2c(N3CCOCC3)ncnc21)c1cccc2cccnc12. The van der Waals surface area contributed by atoms with Crippen LogP contribution in [0.1, 0.15) is 0 Å². The molecule has 0 radical (unpaired) electrons. The number of hydrogen-bond acceptors (Lipinski definition) is 8. The molecule has 0 unspecified atom stereocenters. The molecule has 0 bridgehead atoms. The van der Waals surface area contributed by atoms with Crippen LogP contribution in [0.2, 0.25) is 0 Å². The van der Waals surface area contributed by atoms with Crippen molar-refractivity contribution in [2.75, 3.05) is 37.7 Å². The maximum absolute atomic E-state index is 12.9. The van der Waals surface area contributed by atoms with E-state index in [1.807, 2.05) is 12.1 Å². The summed E-state index contributed by atoms with van der Waals surface area (Å²) in [5.41, 5.74) is 1.12. The Morgan fingerprint density at radius 1 is 1.06 bits per heavy atom. The first-order valence-electron chi connectivity index (χ1n) is 9.96. The van der Waals surface area contributed by atoms with E-state index in [1.54, 1.807) is 35.3 Å². The molecule has 5 rings (SSSR count). The number of hydrogen-bond donors (Lipinski definition) is 1. The van der Waals surface area contributed by atoms with Gasteiger partial charge in [-0.25, -0.2) is 27.8 Å². The van der Waals surface area contributed by atoms with Gasteiger partial charge in [-0.05, 0) is 12.1 Å². The lowest BCUT2D eigenvalue weighted by molar-refractivity contribution is 0.122. The van der Waals surface area contributed by atoms with Crippen molar-refractivity contribution in [1.29, 1.82) is 0 Å². The molecule has 1 fully saturated rings. The molecule has 0 aliphatic carbocycles. The van der Waals surface area contributed by atoms with E-state index in [9.17, 15) is 8.42 Å². The van der Waals surface area contributed by atoms with Gasteiger partial charge in [-0.2, -0.15) is 5.10 Å². The number of morpholine rings is 1. The Balaban J connectivity index is 1.34. The third-order valence-corrected chi connectivity index (χ3v) is 6.72. The lowest BCUT2D eigenvalue weighted by Gasteiger charge is -2.27. The molecular weight excluding hydrogens is 418 g/mol. The van der Waals surface area contributed by atoms with Gasteiger partial charge >= 0.3 is 0 Å². The molecule has 4 aromatic rings. The van der Waals surface area contributed by atoms with Gasteiger partial charge in [-0.15, -0.1) is 0 Å². The molecule has 0 amide bonds. The second-order valence-corrected chi connectivity index (χ2v) is 8.87. The van der Waals surface area contributed by atoms with Gasteiger partial charge in [0.25, 0.3) is 0 Å². The van der Waals surface area contributed by atoms with E-state index in [-0.39, 0.29) is 11.4 Å². The molecule has 31 heavy (non-hydrogen) atoms. The van der Waals surface area contributed by atoms with Gasteiger partial charge < -0.3 is 9.64 Å². The van der Waals surface area contributed by atoms with Crippen molar-refractivity contribution in [2.45, 2.75) is 11.4 Å². The largest absolute Gasteiger partial charge is 0.378 e. The molecule has 160 valence electrons. The normalized spacial score (nSPS) is 15.0. The van der Waals surface area contributed by atoms with E-state index in [2.05, 4.69) is 29.7 Å². The minimum absolute atomic E-state index is 0.160. The Kier molecular flexibility index (Phi) is 5.22. The number of sulfonamides is 1. The lowest BCUT2D eigenvalue weighted by atomic mass is 10.2. The Morgan fingerprint density at radius 2 is 1.90 bits per heavy atom. The van der Waals surface area contributed by atoms with Gasteiger partial charge in [-0.1, -0.05) is 18.2 Å². The molecule has 1 N–H and O–H groups in total. The third kappa shape index (κ3) is 3.82. The van der Waals surface area contributed by atoms with E-state index in [4.69, 9.17) is 4.74 Å². The summed E-state index contributed by atoms with van der Waals surface area (Å²) >= 11 is 0. The molecule has 0 spiro atoms. The quantitative estimate of drug-likeness (QED) is 0.476. The zero-order valence-corrected chi connectivity index (χ0v) is 17.5. The van der Waals surface area contributed by atoms with Crippen LogP contribution < -0.4 is 9.62 Å². The zero-order valence-electron chi connectivity index (χ0n) is 16.7. The molecule has 1 aliphatic rings. The van der Waals surface area contributed by atoms with Crippen LogP contribution in [0.5, 0.6) is 0 Å². The molecule has 1 aromatic carbocycles. The highest BCUT2D eigenvalue weighted by molar-refractivity contribution is 7.89. The maximum Gasteiger partial charge on any atom is 0.242 e. The van der Waals surface area contributed by atoms with Gasteiger partial charge in [0.05, 0.1) is 36.9 Å². The Labute approximate surface area is 178 Å². The topological polar surface area (TPSA) is 115 Å². The summed E-state index contributed by atoms with van der Waals surface area (Å²) in [5.74, 6) is 0.821. The van der Waals surface area contributed by atoms with E-state index < -0.39 is 10.0 Å². The van der Waals surface area contributed by atoms with Gasteiger partial charge in [0.2, 0.25) is 10.0 Å². The monoisotopic (exact) mass is 439 g/mol. The smallest absolute Gasteiger partial charge is 0.242 e. The highest BCUT2D eigenvalue weighted by Gasteiger charge is 2.20. The van der Waals surface area contributed by atoms with Crippen molar-refractivity contribution >= 4 is 37.8 Å². The molecule has 1 aliphatic heterocycles. The first kappa shape index (κ1) is 19.8. The lowest BCUT2D eigenvalue weighted by Crippen LogP contribution is -2.36. The summed E-state index contributed by atoms with van der Waals surface area (Å²) in [5, 5.41) is 6.01. The van der Waals surface area contributed by atoms with E-state index in [0.29, 0.717) is 30.9 Å². The van der Waals surface area contributed by atoms with E-state index in [1.165, 1.54) is 6.33 Å². The predicted octanol–water partition coefficient (Wildman–Crippen LogP) is 1.19. The third-order valence-electron chi connectivity index (χ3n) is 5.22. The summed E-state index contributed by atoms with van der Waals surface area (Å²) in [7, 11) is -3.73. The van der Waals surface area contributed by atoms with Crippen LogP contribution in [0, 0.1) is 0 Å². The van der Waals surface area contributed by atoms with E-state index in [0.717, 1.165) is 29.7 Å². The Hall–Kier alpha value is -3.15. The fraction of sp³-hybridized carbons (Fsp3) is 0.300. The standard InChI is InChI=1S/C20H21N7O3S/c28-31(29,17-5-1-3-15-4-2-6-21-18(15)17)25-7-8-27-20-16(13-24-27)19(22-14-23-20)26-9-11-30-12-10-26/h1-6,13-14,25H,7-12H2. The second kappa shape index (κ2) is 8.17. The number of nitrogens with one attached hydrogen (secondary N) is 1. The van der Waals surface area contributed by atoms with Crippen LogP contribution in [0.3, 0.4) is 0 Å². The molecule has 1 saturated heterocycles. The minimum Gasteiger partial charge on any atom is -0.378 e. The van der Waals surface area contributed by atoms with Crippen molar-refractivity contribution < 1.29 is 13.2 Å². The molecule has 3 aromatic heterocycles. The summed E-state index contributed by atoms with van der Waals surface area (Å²) in [6.45, 7) is 3.33. The summed E-state index contributed by atoms with van der Waals surface area (Å²) in [6.07, 6.45) is 4.82. The van der Waals surface area contributed by atoms with Crippen LogP contribution in [-0.2, 0) is 21.3 Å². The Bertz CT molecular complexity index is 1330. The summed E-state index contributed by atoms with van der Waals surface area (Å²) in [6, 6.07) is 8.72.